The van der Waals surface area contributed by atoms with Gasteiger partial charge in [0.25, 0.3) is 0 Å². The summed E-state index contributed by atoms with van der Waals surface area (Å²) in [5.74, 6) is 0.276. The van der Waals surface area contributed by atoms with Gasteiger partial charge in [-0.3, -0.25) is 0 Å². The van der Waals surface area contributed by atoms with Crippen molar-refractivity contribution in [2.45, 2.75) is 5.92 Å². The predicted molar refractivity (Wildman–Crippen MR) is 110 cm³/mol. The van der Waals surface area contributed by atoms with Crippen molar-refractivity contribution in [1.82, 2.24) is 15.3 Å². The molecule has 26 heavy (non-hydrogen) atoms. The molecule has 4 aromatic rings. The van der Waals surface area contributed by atoms with Crippen LogP contribution in [0.1, 0.15) is 17.0 Å². The topological polar surface area (TPSA) is 37.8 Å². The van der Waals surface area contributed by atoms with Gasteiger partial charge in [-0.05, 0) is 41.8 Å². The first-order valence-corrected chi connectivity index (χ1v) is 9.70. The second-order valence-corrected chi connectivity index (χ2v) is 7.49. The Morgan fingerprint density at radius 2 is 1.65 bits per heavy atom. The van der Waals surface area contributed by atoms with E-state index >= 15 is 0 Å². The lowest BCUT2D eigenvalue weighted by molar-refractivity contribution is 0.708. The fraction of sp³-hybridized carbons (Fsp3) is 0.143. The molecule has 0 aliphatic carbocycles. The minimum Gasteiger partial charge on any atom is -0.319 e. The van der Waals surface area contributed by atoms with Gasteiger partial charge in [-0.15, -0.1) is 11.3 Å². The summed E-state index contributed by atoms with van der Waals surface area (Å²) in [5.41, 5.74) is 5.62. The minimum atomic E-state index is 0.276. The quantitative estimate of drug-likeness (QED) is 0.507. The van der Waals surface area contributed by atoms with Gasteiger partial charge >= 0.3 is 0 Å². The molecular formula is C21H18ClN3S. The van der Waals surface area contributed by atoms with E-state index < -0.39 is 0 Å². The molecule has 2 heterocycles. The fourth-order valence-corrected chi connectivity index (χ4v) is 4.18. The third kappa shape index (κ3) is 3.36. The average Bonchev–Trinajstić information content (AvgIpc) is 3.16. The number of rotatable bonds is 5. The van der Waals surface area contributed by atoms with E-state index in [2.05, 4.69) is 57.1 Å². The Balaban J connectivity index is 1.69. The molecule has 0 saturated heterocycles. The van der Waals surface area contributed by atoms with Crippen LogP contribution in [0, 0.1) is 0 Å². The lowest BCUT2D eigenvalue weighted by atomic mass is 9.90. The van der Waals surface area contributed by atoms with Gasteiger partial charge < -0.3 is 5.32 Å². The van der Waals surface area contributed by atoms with Crippen molar-refractivity contribution in [3.05, 3.63) is 82.5 Å². The lowest BCUT2D eigenvalue weighted by Gasteiger charge is -2.18. The average molecular weight is 380 g/mol. The molecule has 0 saturated carbocycles. The highest BCUT2D eigenvalue weighted by molar-refractivity contribution is 7.17. The van der Waals surface area contributed by atoms with E-state index in [0.29, 0.717) is 0 Å². The van der Waals surface area contributed by atoms with Crippen molar-refractivity contribution in [1.29, 1.82) is 0 Å². The Morgan fingerprint density at radius 3 is 2.35 bits per heavy atom. The molecule has 2 aromatic heterocycles. The number of aromatic nitrogens is 2. The molecule has 1 N–H and O–H groups in total. The maximum Gasteiger partial charge on any atom is 0.116 e. The Bertz CT molecular complexity index is 1010. The van der Waals surface area contributed by atoms with E-state index in [9.17, 15) is 0 Å². The van der Waals surface area contributed by atoms with Crippen LogP contribution in [0.3, 0.4) is 0 Å². The highest BCUT2D eigenvalue weighted by Crippen LogP contribution is 2.31. The van der Waals surface area contributed by atoms with Gasteiger partial charge in [0, 0.05) is 23.0 Å². The van der Waals surface area contributed by atoms with Gasteiger partial charge in [-0.1, -0.05) is 48.0 Å². The predicted octanol–water partition coefficient (Wildman–Crippen LogP) is 5.36. The molecule has 0 amide bonds. The van der Waals surface area contributed by atoms with Crippen LogP contribution in [0.15, 0.2) is 66.3 Å². The zero-order valence-electron chi connectivity index (χ0n) is 14.3. The van der Waals surface area contributed by atoms with Crippen LogP contribution in [-0.4, -0.2) is 23.6 Å². The van der Waals surface area contributed by atoms with Gasteiger partial charge in [0.05, 0.1) is 15.9 Å². The van der Waals surface area contributed by atoms with E-state index in [-0.39, 0.29) is 5.92 Å². The number of fused-ring (bicyclic) bond motifs is 1. The van der Waals surface area contributed by atoms with Crippen molar-refractivity contribution < 1.29 is 0 Å². The molecule has 4 rings (SSSR count). The van der Waals surface area contributed by atoms with Crippen molar-refractivity contribution in [2.24, 2.45) is 0 Å². The number of halogens is 1. The second kappa shape index (κ2) is 7.54. The summed E-state index contributed by atoms with van der Waals surface area (Å²) < 4.78 is 1.13. The third-order valence-electron chi connectivity index (χ3n) is 4.51. The Labute approximate surface area is 161 Å². The van der Waals surface area contributed by atoms with Crippen molar-refractivity contribution in [2.75, 3.05) is 13.6 Å². The summed E-state index contributed by atoms with van der Waals surface area (Å²) in [6.45, 7) is 0.865. The summed E-state index contributed by atoms with van der Waals surface area (Å²) in [7, 11) is 1.98. The van der Waals surface area contributed by atoms with E-state index in [0.717, 1.165) is 33.0 Å². The molecule has 0 aliphatic heterocycles. The van der Waals surface area contributed by atoms with E-state index in [1.54, 1.807) is 17.7 Å². The van der Waals surface area contributed by atoms with Crippen LogP contribution in [0.25, 0.3) is 21.5 Å². The maximum absolute atomic E-state index is 6.04. The van der Waals surface area contributed by atoms with E-state index in [1.807, 2.05) is 25.2 Å². The Hall–Kier alpha value is -2.27. The molecule has 0 aliphatic rings. The third-order valence-corrected chi connectivity index (χ3v) is 5.67. The van der Waals surface area contributed by atoms with Crippen LogP contribution in [0.5, 0.6) is 0 Å². The van der Waals surface area contributed by atoms with Crippen LogP contribution >= 0.6 is 22.9 Å². The van der Waals surface area contributed by atoms with Gasteiger partial charge in [-0.25, -0.2) is 9.97 Å². The first-order valence-electron chi connectivity index (χ1n) is 8.45. The standard InChI is InChI=1S/C21H18ClN3S/c1-23-12-18(15-6-8-17(22)9-7-15)14-2-4-16(5-3-14)20-21-19(10-11-26-21)24-13-25-20/h2-11,13,18,23H,12H2,1H3. The van der Waals surface area contributed by atoms with Gasteiger partial charge in [-0.2, -0.15) is 0 Å². The van der Waals surface area contributed by atoms with Crippen LogP contribution in [-0.2, 0) is 0 Å². The molecule has 5 heteroatoms. The minimum absolute atomic E-state index is 0.276. The zero-order valence-corrected chi connectivity index (χ0v) is 15.9. The first kappa shape index (κ1) is 17.2. The number of nitrogens with zero attached hydrogens (tertiary/aromatic N) is 2. The molecule has 1 unspecified atom stereocenters. The first-order chi connectivity index (χ1) is 12.8. The molecule has 1 atom stereocenters. The summed E-state index contributed by atoms with van der Waals surface area (Å²) in [5, 5.41) is 6.11. The molecule has 0 spiro atoms. The SMILES string of the molecule is CNCC(c1ccc(Cl)cc1)c1ccc(-c2ncnc3ccsc23)cc1. The fourth-order valence-electron chi connectivity index (χ4n) is 3.20. The number of likely N-dealkylation sites (N-methyl/N-ethyl adjacent to an activating group) is 1. The summed E-state index contributed by atoms with van der Waals surface area (Å²) >= 11 is 7.72. The Kier molecular flexibility index (Phi) is 4.98. The monoisotopic (exact) mass is 379 g/mol. The smallest absolute Gasteiger partial charge is 0.116 e. The maximum atomic E-state index is 6.04. The Morgan fingerprint density at radius 1 is 0.962 bits per heavy atom. The highest BCUT2D eigenvalue weighted by Gasteiger charge is 2.14. The lowest BCUT2D eigenvalue weighted by Crippen LogP contribution is -2.18. The van der Waals surface area contributed by atoms with Gasteiger partial charge in [0.1, 0.15) is 6.33 Å². The van der Waals surface area contributed by atoms with E-state index in [4.69, 9.17) is 11.6 Å². The molecule has 0 bridgehead atoms. The van der Waals surface area contributed by atoms with E-state index in [1.165, 1.54) is 11.1 Å². The number of benzene rings is 2. The molecular weight excluding hydrogens is 362 g/mol. The number of hydrogen-bond donors (Lipinski definition) is 1. The molecule has 3 nitrogen and oxygen atoms in total. The number of hydrogen-bond acceptors (Lipinski definition) is 4. The van der Waals surface area contributed by atoms with Crippen LogP contribution < -0.4 is 5.32 Å². The second-order valence-electron chi connectivity index (χ2n) is 6.14. The van der Waals surface area contributed by atoms with Gasteiger partial charge in [0.15, 0.2) is 0 Å². The largest absolute Gasteiger partial charge is 0.319 e. The van der Waals surface area contributed by atoms with Crippen LogP contribution in [0.2, 0.25) is 5.02 Å². The molecule has 130 valence electrons. The van der Waals surface area contributed by atoms with Crippen LogP contribution in [0.4, 0.5) is 0 Å². The highest BCUT2D eigenvalue weighted by atomic mass is 35.5. The van der Waals surface area contributed by atoms with Crippen molar-refractivity contribution in [3.8, 4) is 11.3 Å². The number of nitrogens with one attached hydrogen (secondary N) is 1. The van der Waals surface area contributed by atoms with Crippen molar-refractivity contribution >= 4 is 33.2 Å². The summed E-state index contributed by atoms with van der Waals surface area (Å²) in [4.78, 5) is 8.82. The molecule has 0 radical (unpaired) electrons. The zero-order chi connectivity index (χ0) is 17.9. The normalized spacial score (nSPS) is 12.4. The molecule has 2 aromatic carbocycles. The summed E-state index contributed by atoms with van der Waals surface area (Å²) in [6, 6.07) is 18.8. The van der Waals surface area contributed by atoms with Crippen molar-refractivity contribution in [3.63, 3.8) is 0 Å². The molecule has 0 fully saturated rings. The summed E-state index contributed by atoms with van der Waals surface area (Å²) in [6.07, 6.45) is 1.63. The number of thiophene rings is 1. The van der Waals surface area contributed by atoms with Gasteiger partial charge in [0.2, 0.25) is 0 Å².